The van der Waals surface area contributed by atoms with Gasteiger partial charge in [0.2, 0.25) is 21.8 Å². The van der Waals surface area contributed by atoms with Crippen LogP contribution in [0, 0.1) is 6.92 Å². The monoisotopic (exact) mass is 597 g/mol. The lowest BCUT2D eigenvalue weighted by Crippen LogP contribution is -2.54. The van der Waals surface area contributed by atoms with E-state index in [1.807, 2.05) is 88.4 Å². The molecule has 0 saturated heterocycles. The van der Waals surface area contributed by atoms with E-state index in [0.717, 1.165) is 22.9 Å². The summed E-state index contributed by atoms with van der Waals surface area (Å²) in [6.45, 7) is 7.89. The fourth-order valence-corrected chi connectivity index (χ4v) is 5.80. The minimum absolute atomic E-state index is 0.0621. The smallest absolute Gasteiger partial charge is 0.243 e. The first-order valence-electron chi connectivity index (χ1n) is 13.7. The van der Waals surface area contributed by atoms with Gasteiger partial charge in [0, 0.05) is 36.5 Å². The van der Waals surface area contributed by atoms with Crippen LogP contribution in [-0.2, 0) is 32.6 Å². The molecule has 0 unspecified atom stereocenters. The summed E-state index contributed by atoms with van der Waals surface area (Å²) in [6.07, 6.45) is 1.82. The van der Waals surface area contributed by atoms with Crippen molar-refractivity contribution in [3.05, 3.63) is 101 Å². The van der Waals surface area contributed by atoms with Crippen molar-refractivity contribution in [3.63, 3.8) is 0 Å². The number of aryl methyl sites for hydroxylation is 1. The second kappa shape index (κ2) is 14.0. The Morgan fingerprint density at radius 1 is 0.927 bits per heavy atom. The van der Waals surface area contributed by atoms with Crippen LogP contribution in [0.4, 0.5) is 5.69 Å². The van der Waals surface area contributed by atoms with E-state index in [-0.39, 0.29) is 37.7 Å². The number of anilines is 1. The Balaban J connectivity index is 1.90. The molecule has 0 bridgehead atoms. The average molecular weight is 598 g/mol. The molecule has 1 N–H and O–H groups in total. The van der Waals surface area contributed by atoms with E-state index >= 15 is 0 Å². The lowest BCUT2D eigenvalue weighted by molar-refractivity contribution is -0.142. The second-order valence-electron chi connectivity index (χ2n) is 11.3. The normalized spacial score (nSPS) is 12.4. The molecule has 2 amide bonds. The van der Waals surface area contributed by atoms with Crippen molar-refractivity contribution < 1.29 is 18.0 Å². The van der Waals surface area contributed by atoms with Gasteiger partial charge in [-0.3, -0.25) is 13.9 Å². The number of halogens is 1. The first kappa shape index (κ1) is 32.2. The molecule has 1 atom stereocenters. The number of carbonyl (C=O) groups excluding carboxylic acids is 2. The summed E-state index contributed by atoms with van der Waals surface area (Å²) in [7, 11) is -3.63. The zero-order valence-corrected chi connectivity index (χ0v) is 26.0. The SMILES string of the molecule is Cc1ccc(Cl)cc1N(CCCC(=O)N(Cc1ccccc1)[C@@H](Cc1ccccc1)C(=O)NC(C)(C)C)S(C)(=O)=O. The van der Waals surface area contributed by atoms with Gasteiger partial charge in [-0.25, -0.2) is 8.42 Å². The molecular formula is C32H40ClN3O4S. The van der Waals surface area contributed by atoms with Gasteiger partial charge in [-0.05, 0) is 62.9 Å². The molecule has 3 rings (SSSR count). The molecule has 0 spiro atoms. The number of hydrogen-bond donors (Lipinski definition) is 1. The molecule has 0 saturated carbocycles. The molecule has 3 aromatic carbocycles. The van der Waals surface area contributed by atoms with E-state index < -0.39 is 21.6 Å². The zero-order valence-electron chi connectivity index (χ0n) is 24.4. The number of benzene rings is 3. The molecule has 9 heteroatoms. The van der Waals surface area contributed by atoms with Gasteiger partial charge in [0.15, 0.2) is 0 Å². The van der Waals surface area contributed by atoms with Gasteiger partial charge in [-0.15, -0.1) is 0 Å². The Hall–Kier alpha value is -3.36. The van der Waals surface area contributed by atoms with Crippen molar-refractivity contribution >= 4 is 39.1 Å². The van der Waals surface area contributed by atoms with Crippen LogP contribution in [-0.4, -0.2) is 49.5 Å². The van der Waals surface area contributed by atoms with Gasteiger partial charge in [-0.2, -0.15) is 0 Å². The van der Waals surface area contributed by atoms with Gasteiger partial charge in [0.1, 0.15) is 6.04 Å². The zero-order chi connectivity index (χ0) is 30.2. The third-order valence-corrected chi connectivity index (χ3v) is 7.97. The van der Waals surface area contributed by atoms with Crippen molar-refractivity contribution in [2.75, 3.05) is 17.1 Å². The second-order valence-corrected chi connectivity index (χ2v) is 13.7. The Morgan fingerprint density at radius 3 is 2.07 bits per heavy atom. The standard InChI is InChI=1S/C32H40ClN3O4S/c1-24-18-19-27(33)22-28(24)36(41(5,39)40)20-12-17-30(37)35(23-26-15-10-7-11-16-26)29(31(38)34-32(2,3)4)21-25-13-8-6-9-14-25/h6-11,13-16,18-19,22,29H,12,17,20-21,23H2,1-5H3,(H,34,38)/t29-/m0/s1. The Labute approximate surface area is 249 Å². The number of carbonyl (C=O) groups is 2. The van der Waals surface area contributed by atoms with Crippen LogP contribution in [0.25, 0.3) is 0 Å². The van der Waals surface area contributed by atoms with E-state index in [2.05, 4.69) is 5.32 Å². The first-order chi connectivity index (χ1) is 19.2. The topological polar surface area (TPSA) is 86.8 Å². The fraction of sp³-hybridized carbons (Fsp3) is 0.375. The van der Waals surface area contributed by atoms with Gasteiger partial charge in [0.25, 0.3) is 0 Å². The van der Waals surface area contributed by atoms with Crippen LogP contribution in [0.15, 0.2) is 78.9 Å². The predicted octanol–water partition coefficient (Wildman–Crippen LogP) is 5.75. The summed E-state index contributed by atoms with van der Waals surface area (Å²) < 4.78 is 26.7. The van der Waals surface area contributed by atoms with Gasteiger partial charge < -0.3 is 10.2 Å². The molecular weight excluding hydrogens is 558 g/mol. The maximum Gasteiger partial charge on any atom is 0.243 e. The molecule has 3 aromatic rings. The van der Waals surface area contributed by atoms with Crippen molar-refractivity contribution in [1.82, 2.24) is 10.2 Å². The lowest BCUT2D eigenvalue weighted by atomic mass is 10.00. The predicted molar refractivity (Wildman–Crippen MR) is 166 cm³/mol. The van der Waals surface area contributed by atoms with Crippen LogP contribution >= 0.6 is 11.6 Å². The lowest BCUT2D eigenvalue weighted by Gasteiger charge is -2.34. The van der Waals surface area contributed by atoms with E-state index in [4.69, 9.17) is 11.6 Å². The van der Waals surface area contributed by atoms with Crippen molar-refractivity contribution in [2.24, 2.45) is 0 Å². The van der Waals surface area contributed by atoms with Gasteiger partial charge in [0.05, 0.1) is 11.9 Å². The highest BCUT2D eigenvalue weighted by molar-refractivity contribution is 7.92. The molecule has 0 radical (unpaired) electrons. The van der Waals surface area contributed by atoms with Gasteiger partial charge in [-0.1, -0.05) is 78.3 Å². The maximum absolute atomic E-state index is 13.9. The summed E-state index contributed by atoms with van der Waals surface area (Å²) in [5.74, 6) is -0.465. The number of nitrogens with one attached hydrogen (secondary N) is 1. The third kappa shape index (κ3) is 9.90. The van der Waals surface area contributed by atoms with Crippen LogP contribution in [0.1, 0.15) is 50.3 Å². The molecule has 41 heavy (non-hydrogen) atoms. The van der Waals surface area contributed by atoms with Crippen LogP contribution in [0.2, 0.25) is 5.02 Å². The minimum Gasteiger partial charge on any atom is -0.350 e. The highest BCUT2D eigenvalue weighted by atomic mass is 35.5. The van der Waals surface area contributed by atoms with Crippen LogP contribution in [0.5, 0.6) is 0 Å². The first-order valence-corrected chi connectivity index (χ1v) is 15.9. The van der Waals surface area contributed by atoms with Crippen LogP contribution in [0.3, 0.4) is 0 Å². The Kier molecular flexibility index (Phi) is 11.0. The van der Waals surface area contributed by atoms with Gasteiger partial charge >= 0.3 is 0 Å². The Bertz CT molecular complexity index is 1420. The summed E-state index contributed by atoms with van der Waals surface area (Å²) in [5, 5.41) is 3.48. The van der Waals surface area contributed by atoms with Crippen molar-refractivity contribution in [1.29, 1.82) is 0 Å². The van der Waals surface area contributed by atoms with E-state index in [0.29, 0.717) is 17.1 Å². The molecule has 0 aliphatic heterocycles. The maximum atomic E-state index is 13.9. The molecule has 0 fully saturated rings. The molecule has 7 nitrogen and oxygen atoms in total. The number of nitrogens with zero attached hydrogens (tertiary/aromatic N) is 2. The summed E-state index contributed by atoms with van der Waals surface area (Å²) in [5.41, 5.74) is 2.60. The molecule has 0 aliphatic rings. The quantitative estimate of drug-likeness (QED) is 0.288. The van der Waals surface area contributed by atoms with E-state index in [1.54, 1.807) is 23.1 Å². The summed E-state index contributed by atoms with van der Waals surface area (Å²) >= 11 is 6.17. The van der Waals surface area contributed by atoms with Crippen molar-refractivity contribution in [2.45, 2.75) is 65.1 Å². The van der Waals surface area contributed by atoms with E-state index in [1.165, 1.54) is 4.31 Å². The largest absolute Gasteiger partial charge is 0.350 e. The molecule has 220 valence electrons. The number of sulfonamides is 1. The Morgan fingerprint density at radius 2 is 1.51 bits per heavy atom. The molecule has 0 aromatic heterocycles. The van der Waals surface area contributed by atoms with Crippen LogP contribution < -0.4 is 9.62 Å². The summed E-state index contributed by atoms with van der Waals surface area (Å²) in [6, 6.07) is 23.5. The molecule has 0 aliphatic carbocycles. The average Bonchev–Trinajstić information content (AvgIpc) is 2.89. The summed E-state index contributed by atoms with van der Waals surface area (Å²) in [4.78, 5) is 29.2. The van der Waals surface area contributed by atoms with E-state index in [9.17, 15) is 18.0 Å². The third-order valence-electron chi connectivity index (χ3n) is 6.56. The minimum atomic E-state index is -3.63. The number of rotatable bonds is 12. The highest BCUT2D eigenvalue weighted by Crippen LogP contribution is 2.27. The fourth-order valence-electron chi connectivity index (χ4n) is 4.62. The highest BCUT2D eigenvalue weighted by Gasteiger charge is 2.32. The molecule has 0 heterocycles. The number of hydrogen-bond acceptors (Lipinski definition) is 4. The van der Waals surface area contributed by atoms with Crippen molar-refractivity contribution in [3.8, 4) is 0 Å². The number of amides is 2.